The predicted molar refractivity (Wildman–Crippen MR) is 81.6 cm³/mol. The second-order valence-corrected chi connectivity index (χ2v) is 5.29. The van der Waals surface area contributed by atoms with Gasteiger partial charge in [-0.15, -0.1) is 0 Å². The van der Waals surface area contributed by atoms with Crippen LogP contribution in [0.25, 0.3) is 0 Å². The van der Waals surface area contributed by atoms with Gasteiger partial charge in [-0.05, 0) is 36.7 Å². The quantitative estimate of drug-likeness (QED) is 0.582. The van der Waals surface area contributed by atoms with Gasteiger partial charge in [0.2, 0.25) is 0 Å². The lowest BCUT2D eigenvalue weighted by Crippen LogP contribution is -2.16. The van der Waals surface area contributed by atoms with Gasteiger partial charge in [0, 0.05) is 22.2 Å². The molecule has 0 saturated carbocycles. The van der Waals surface area contributed by atoms with Crippen LogP contribution in [0.15, 0.2) is 36.4 Å². The normalized spacial score (nSPS) is 10.7. The second-order valence-electron chi connectivity index (χ2n) is 4.45. The van der Waals surface area contributed by atoms with E-state index < -0.39 is 0 Å². The van der Waals surface area contributed by atoms with E-state index in [1.165, 1.54) is 6.07 Å². The molecule has 0 fully saturated rings. The Bertz CT molecular complexity index is 602. The third-order valence-electron chi connectivity index (χ3n) is 3.00. The van der Waals surface area contributed by atoms with Gasteiger partial charge < -0.3 is 15.5 Å². The topological polar surface area (TPSA) is 52.5 Å². The highest BCUT2D eigenvalue weighted by atomic mass is 35.5. The van der Waals surface area contributed by atoms with E-state index in [9.17, 15) is 10.2 Å². The first-order valence-electron chi connectivity index (χ1n) is 6.22. The molecule has 3 nitrogen and oxygen atoms in total. The molecule has 0 atom stereocenters. The van der Waals surface area contributed by atoms with Gasteiger partial charge in [-0.3, -0.25) is 0 Å². The van der Waals surface area contributed by atoms with Crippen LogP contribution in [0.2, 0.25) is 10.0 Å². The number of phenolic OH excluding ortho intramolecular Hbond substituents is 2. The van der Waals surface area contributed by atoms with Crippen LogP contribution in [-0.2, 0) is 13.0 Å². The number of phenols is 2. The van der Waals surface area contributed by atoms with Crippen molar-refractivity contribution in [1.82, 2.24) is 5.32 Å². The molecule has 0 aliphatic carbocycles. The van der Waals surface area contributed by atoms with E-state index in [4.69, 9.17) is 23.2 Å². The van der Waals surface area contributed by atoms with E-state index >= 15 is 0 Å². The minimum atomic E-state index is -0.106. The molecule has 2 aromatic rings. The molecule has 5 heteroatoms. The summed E-state index contributed by atoms with van der Waals surface area (Å²) in [5.41, 5.74) is 1.68. The van der Waals surface area contributed by atoms with Crippen LogP contribution in [0.5, 0.6) is 11.5 Å². The van der Waals surface area contributed by atoms with Crippen LogP contribution >= 0.6 is 23.2 Å². The summed E-state index contributed by atoms with van der Waals surface area (Å²) in [5, 5.41) is 23.5. The summed E-state index contributed by atoms with van der Waals surface area (Å²) in [5.74, 6) is -0.186. The zero-order chi connectivity index (χ0) is 14.5. The number of aromatic hydroxyl groups is 2. The van der Waals surface area contributed by atoms with Gasteiger partial charge in [0.1, 0.15) is 0 Å². The number of hydrogen-bond donors (Lipinski definition) is 3. The van der Waals surface area contributed by atoms with Gasteiger partial charge >= 0.3 is 0 Å². The van der Waals surface area contributed by atoms with Gasteiger partial charge in [-0.25, -0.2) is 0 Å². The second kappa shape index (κ2) is 6.84. The van der Waals surface area contributed by atoms with Crippen molar-refractivity contribution in [3.05, 3.63) is 57.6 Å². The lowest BCUT2D eigenvalue weighted by atomic mass is 10.1. The Balaban J connectivity index is 1.86. The molecular formula is C15H15Cl2NO2. The maximum Gasteiger partial charge on any atom is 0.161 e. The van der Waals surface area contributed by atoms with E-state index in [2.05, 4.69) is 5.32 Å². The first-order valence-corrected chi connectivity index (χ1v) is 6.98. The lowest BCUT2D eigenvalue weighted by Gasteiger charge is -2.09. The Kier molecular flexibility index (Phi) is 5.12. The molecule has 20 heavy (non-hydrogen) atoms. The summed E-state index contributed by atoms with van der Waals surface area (Å²) in [6, 6.07) is 10.3. The van der Waals surface area contributed by atoms with Crippen molar-refractivity contribution < 1.29 is 10.2 Å². The molecule has 0 aliphatic heterocycles. The van der Waals surface area contributed by atoms with Gasteiger partial charge in [-0.1, -0.05) is 41.4 Å². The van der Waals surface area contributed by atoms with Crippen molar-refractivity contribution >= 4 is 23.2 Å². The molecule has 2 aromatic carbocycles. The molecule has 3 N–H and O–H groups in total. The molecule has 0 spiro atoms. The monoisotopic (exact) mass is 311 g/mol. The highest BCUT2D eigenvalue weighted by Crippen LogP contribution is 2.28. The molecule has 0 aliphatic rings. The molecule has 106 valence electrons. The smallest absolute Gasteiger partial charge is 0.161 e. The van der Waals surface area contributed by atoms with Crippen LogP contribution in [0.3, 0.4) is 0 Å². The summed E-state index contributed by atoms with van der Waals surface area (Å²) in [6.45, 7) is 1.18. The number of nitrogens with one attached hydrogen (secondary N) is 1. The highest BCUT2D eigenvalue weighted by molar-refractivity contribution is 6.35. The molecule has 0 aromatic heterocycles. The van der Waals surface area contributed by atoms with Crippen molar-refractivity contribution in [3.63, 3.8) is 0 Å². The zero-order valence-electron chi connectivity index (χ0n) is 10.7. The van der Waals surface area contributed by atoms with Crippen LogP contribution < -0.4 is 5.32 Å². The standard InChI is InChI=1S/C15H15Cl2NO2/c16-12-5-4-10(13(17)8-12)6-7-18-9-11-2-1-3-14(19)15(11)20/h1-5,8,18-20H,6-7,9H2. The van der Waals surface area contributed by atoms with E-state index in [0.29, 0.717) is 28.7 Å². The highest BCUT2D eigenvalue weighted by Gasteiger charge is 2.05. The maximum atomic E-state index is 9.66. The Labute approximate surface area is 127 Å². The average Bonchev–Trinajstić information content (AvgIpc) is 2.41. The molecule has 0 heterocycles. The lowest BCUT2D eigenvalue weighted by molar-refractivity contribution is 0.398. The summed E-state index contributed by atoms with van der Waals surface area (Å²) < 4.78 is 0. The Hall–Kier alpha value is -1.42. The van der Waals surface area contributed by atoms with Crippen LogP contribution in [0.4, 0.5) is 0 Å². The molecule has 2 rings (SSSR count). The van der Waals surface area contributed by atoms with Crippen molar-refractivity contribution in [2.75, 3.05) is 6.54 Å². The summed E-state index contributed by atoms with van der Waals surface area (Å²) in [6.07, 6.45) is 0.760. The molecular weight excluding hydrogens is 297 g/mol. The molecule has 0 unspecified atom stereocenters. The SMILES string of the molecule is Oc1cccc(CNCCc2ccc(Cl)cc2Cl)c1O. The van der Waals surface area contributed by atoms with Crippen molar-refractivity contribution in [3.8, 4) is 11.5 Å². The summed E-state index contributed by atoms with van der Waals surface area (Å²) in [7, 11) is 0. The number of rotatable bonds is 5. The van der Waals surface area contributed by atoms with Crippen molar-refractivity contribution in [2.24, 2.45) is 0 Å². The first-order chi connectivity index (χ1) is 9.58. The van der Waals surface area contributed by atoms with Crippen LogP contribution in [0, 0.1) is 0 Å². The third-order valence-corrected chi connectivity index (χ3v) is 3.59. The molecule has 0 radical (unpaired) electrons. The Morgan fingerprint density at radius 2 is 1.80 bits per heavy atom. The van der Waals surface area contributed by atoms with E-state index in [1.807, 2.05) is 12.1 Å². The first kappa shape index (κ1) is 15.0. The van der Waals surface area contributed by atoms with E-state index in [1.54, 1.807) is 18.2 Å². The van der Waals surface area contributed by atoms with E-state index in [-0.39, 0.29) is 11.5 Å². The molecule has 0 bridgehead atoms. The van der Waals surface area contributed by atoms with Crippen molar-refractivity contribution in [1.29, 1.82) is 0 Å². The van der Waals surface area contributed by atoms with Gasteiger partial charge in [0.15, 0.2) is 11.5 Å². The molecule has 0 amide bonds. The van der Waals surface area contributed by atoms with Crippen LogP contribution in [-0.4, -0.2) is 16.8 Å². The predicted octanol–water partition coefficient (Wildman–Crippen LogP) is 3.74. The molecule has 0 saturated heterocycles. The fourth-order valence-corrected chi connectivity index (χ4v) is 2.39. The largest absolute Gasteiger partial charge is 0.504 e. The fraction of sp³-hybridized carbons (Fsp3) is 0.200. The fourth-order valence-electron chi connectivity index (χ4n) is 1.89. The van der Waals surface area contributed by atoms with Gasteiger partial charge in [0.25, 0.3) is 0 Å². The van der Waals surface area contributed by atoms with Gasteiger partial charge in [0.05, 0.1) is 0 Å². The minimum Gasteiger partial charge on any atom is -0.504 e. The number of hydrogen-bond acceptors (Lipinski definition) is 3. The average molecular weight is 312 g/mol. The van der Waals surface area contributed by atoms with E-state index in [0.717, 1.165) is 12.0 Å². The maximum absolute atomic E-state index is 9.66. The van der Waals surface area contributed by atoms with Crippen molar-refractivity contribution in [2.45, 2.75) is 13.0 Å². The Morgan fingerprint density at radius 3 is 2.55 bits per heavy atom. The summed E-state index contributed by atoms with van der Waals surface area (Å²) >= 11 is 11.9. The third kappa shape index (κ3) is 3.79. The number of halogens is 2. The zero-order valence-corrected chi connectivity index (χ0v) is 12.2. The number of benzene rings is 2. The Morgan fingerprint density at radius 1 is 1.00 bits per heavy atom. The number of para-hydroxylation sites is 1. The minimum absolute atomic E-state index is 0.0791. The summed E-state index contributed by atoms with van der Waals surface area (Å²) in [4.78, 5) is 0. The van der Waals surface area contributed by atoms with Crippen LogP contribution in [0.1, 0.15) is 11.1 Å². The van der Waals surface area contributed by atoms with Gasteiger partial charge in [-0.2, -0.15) is 0 Å².